The summed E-state index contributed by atoms with van der Waals surface area (Å²) in [6.07, 6.45) is 0. The molecule has 0 aliphatic rings. The molecular formula is C20H23FN2O5. The molecule has 2 amide bonds. The maximum atomic E-state index is 13.7. The van der Waals surface area contributed by atoms with Gasteiger partial charge in [-0.3, -0.25) is 9.59 Å². The lowest BCUT2D eigenvalue weighted by Gasteiger charge is -2.19. The minimum Gasteiger partial charge on any atom is -0.497 e. The number of carbonyl (C=O) groups excluding carboxylic acids is 2. The van der Waals surface area contributed by atoms with Gasteiger partial charge in [-0.25, -0.2) is 4.39 Å². The molecule has 7 nitrogen and oxygen atoms in total. The van der Waals surface area contributed by atoms with Crippen LogP contribution in [0.5, 0.6) is 17.2 Å². The van der Waals surface area contributed by atoms with E-state index in [0.29, 0.717) is 17.1 Å². The van der Waals surface area contributed by atoms with Crippen LogP contribution in [0.15, 0.2) is 36.4 Å². The molecule has 8 heteroatoms. The summed E-state index contributed by atoms with van der Waals surface area (Å²) < 4.78 is 29.1. The highest BCUT2D eigenvalue weighted by molar-refractivity contribution is 5.88. The Morgan fingerprint density at radius 1 is 1.00 bits per heavy atom. The molecular weight excluding hydrogens is 367 g/mol. The van der Waals surface area contributed by atoms with Gasteiger partial charge in [-0.15, -0.1) is 0 Å². The Morgan fingerprint density at radius 2 is 1.71 bits per heavy atom. The molecule has 0 fully saturated rings. The second-order valence-corrected chi connectivity index (χ2v) is 5.92. The molecule has 28 heavy (non-hydrogen) atoms. The van der Waals surface area contributed by atoms with Crippen LogP contribution in [0, 0.1) is 5.82 Å². The first-order valence-electron chi connectivity index (χ1n) is 8.48. The van der Waals surface area contributed by atoms with Crippen molar-refractivity contribution in [3.8, 4) is 17.2 Å². The first kappa shape index (κ1) is 21.0. The number of halogens is 1. The molecule has 2 rings (SSSR count). The van der Waals surface area contributed by atoms with Crippen LogP contribution in [0.4, 0.5) is 4.39 Å². The van der Waals surface area contributed by atoms with Crippen LogP contribution < -0.4 is 24.8 Å². The number of hydrogen-bond donors (Lipinski definition) is 2. The molecule has 2 aromatic carbocycles. The Morgan fingerprint density at radius 3 is 2.32 bits per heavy atom. The number of amides is 2. The summed E-state index contributed by atoms with van der Waals surface area (Å²) in [5.74, 6) is -0.249. The monoisotopic (exact) mass is 390 g/mol. The predicted octanol–water partition coefficient (Wildman–Crippen LogP) is 2.35. The maximum Gasteiger partial charge on any atom is 0.247 e. The average Bonchev–Trinajstić information content (AvgIpc) is 2.70. The van der Waals surface area contributed by atoms with Crippen LogP contribution in [0.1, 0.15) is 24.1 Å². The van der Waals surface area contributed by atoms with Gasteiger partial charge in [-0.05, 0) is 29.8 Å². The number of methoxy groups -OCH3 is 3. The van der Waals surface area contributed by atoms with Crippen molar-refractivity contribution in [2.24, 2.45) is 0 Å². The zero-order valence-electron chi connectivity index (χ0n) is 16.2. The van der Waals surface area contributed by atoms with E-state index in [1.54, 1.807) is 25.3 Å². The van der Waals surface area contributed by atoms with Gasteiger partial charge in [0.05, 0.1) is 21.3 Å². The van der Waals surface area contributed by atoms with Crippen LogP contribution in [0.25, 0.3) is 0 Å². The zero-order chi connectivity index (χ0) is 20.7. The summed E-state index contributed by atoms with van der Waals surface area (Å²) in [6, 6.07) is 8.21. The minimum atomic E-state index is -1.00. The Kier molecular flexibility index (Phi) is 7.20. The predicted molar refractivity (Wildman–Crippen MR) is 101 cm³/mol. The van der Waals surface area contributed by atoms with Crippen molar-refractivity contribution >= 4 is 11.8 Å². The SMILES string of the molecule is COc1ccc(CNC(=O)C(NC(C)=O)c2ccc(F)c(OC)c2)c(OC)c1. The second-order valence-electron chi connectivity index (χ2n) is 5.92. The van der Waals surface area contributed by atoms with Crippen molar-refractivity contribution in [3.05, 3.63) is 53.3 Å². The molecule has 0 aliphatic heterocycles. The van der Waals surface area contributed by atoms with Crippen molar-refractivity contribution < 1.29 is 28.2 Å². The third-order valence-corrected chi connectivity index (χ3v) is 4.07. The number of ether oxygens (including phenoxy) is 3. The van der Waals surface area contributed by atoms with E-state index in [1.807, 2.05) is 0 Å². The first-order chi connectivity index (χ1) is 13.4. The smallest absolute Gasteiger partial charge is 0.247 e. The van der Waals surface area contributed by atoms with Gasteiger partial charge in [0.1, 0.15) is 17.5 Å². The van der Waals surface area contributed by atoms with Crippen molar-refractivity contribution in [1.82, 2.24) is 10.6 Å². The lowest BCUT2D eigenvalue weighted by atomic mass is 10.0. The summed E-state index contributed by atoms with van der Waals surface area (Å²) in [5, 5.41) is 5.33. The number of rotatable bonds is 8. The Labute approximate surface area is 162 Å². The summed E-state index contributed by atoms with van der Waals surface area (Å²) in [7, 11) is 4.39. The van der Waals surface area contributed by atoms with Crippen LogP contribution in [-0.4, -0.2) is 33.1 Å². The number of hydrogen-bond acceptors (Lipinski definition) is 5. The standard InChI is InChI=1S/C20H23FN2O5/c1-12(24)23-19(13-6-8-16(21)18(9-13)28-4)20(25)22-11-14-5-7-15(26-2)10-17(14)27-3/h5-10,19H,11H2,1-4H3,(H,22,25)(H,23,24). The lowest BCUT2D eigenvalue weighted by molar-refractivity contribution is -0.128. The molecule has 1 unspecified atom stereocenters. The van der Waals surface area contributed by atoms with Crippen LogP contribution in [0.3, 0.4) is 0 Å². The van der Waals surface area contributed by atoms with E-state index in [4.69, 9.17) is 14.2 Å². The van der Waals surface area contributed by atoms with E-state index in [0.717, 1.165) is 5.56 Å². The van der Waals surface area contributed by atoms with Crippen molar-refractivity contribution in [3.63, 3.8) is 0 Å². The highest BCUT2D eigenvalue weighted by Gasteiger charge is 2.23. The molecule has 0 aromatic heterocycles. The molecule has 0 aliphatic carbocycles. The first-order valence-corrected chi connectivity index (χ1v) is 8.48. The van der Waals surface area contributed by atoms with Gasteiger partial charge in [0.25, 0.3) is 0 Å². The molecule has 0 saturated heterocycles. The van der Waals surface area contributed by atoms with Crippen molar-refractivity contribution in [1.29, 1.82) is 0 Å². The quantitative estimate of drug-likeness (QED) is 0.723. The van der Waals surface area contributed by atoms with E-state index >= 15 is 0 Å². The molecule has 2 aromatic rings. The van der Waals surface area contributed by atoms with E-state index in [2.05, 4.69) is 10.6 Å². The molecule has 1 atom stereocenters. The fourth-order valence-electron chi connectivity index (χ4n) is 2.64. The molecule has 0 spiro atoms. The van der Waals surface area contributed by atoms with Gasteiger partial charge in [-0.2, -0.15) is 0 Å². The third kappa shape index (κ3) is 5.12. The summed E-state index contributed by atoms with van der Waals surface area (Å²) >= 11 is 0. The Bertz CT molecular complexity index is 856. The zero-order valence-corrected chi connectivity index (χ0v) is 16.2. The average molecular weight is 390 g/mol. The van der Waals surface area contributed by atoms with Crippen LogP contribution in [-0.2, 0) is 16.1 Å². The molecule has 0 bridgehead atoms. The van der Waals surface area contributed by atoms with Crippen molar-refractivity contribution in [2.75, 3.05) is 21.3 Å². The Balaban J connectivity index is 2.21. The van der Waals surface area contributed by atoms with Gasteiger partial charge in [0.15, 0.2) is 11.6 Å². The molecule has 0 saturated carbocycles. The molecule has 2 N–H and O–H groups in total. The molecule has 0 radical (unpaired) electrons. The fraction of sp³-hybridized carbons (Fsp3) is 0.300. The van der Waals surface area contributed by atoms with Crippen LogP contribution >= 0.6 is 0 Å². The van der Waals surface area contributed by atoms with Gasteiger partial charge < -0.3 is 24.8 Å². The minimum absolute atomic E-state index is 0.0162. The van der Waals surface area contributed by atoms with E-state index in [-0.39, 0.29) is 12.3 Å². The van der Waals surface area contributed by atoms with Gasteiger partial charge in [0, 0.05) is 25.1 Å². The largest absolute Gasteiger partial charge is 0.497 e. The number of carbonyl (C=O) groups is 2. The summed E-state index contributed by atoms with van der Waals surface area (Å²) in [4.78, 5) is 24.3. The van der Waals surface area contributed by atoms with E-state index in [9.17, 15) is 14.0 Å². The molecule has 150 valence electrons. The van der Waals surface area contributed by atoms with Crippen LogP contribution in [0.2, 0.25) is 0 Å². The van der Waals surface area contributed by atoms with Gasteiger partial charge >= 0.3 is 0 Å². The summed E-state index contributed by atoms with van der Waals surface area (Å²) in [6.45, 7) is 1.47. The topological polar surface area (TPSA) is 85.9 Å². The number of nitrogens with one attached hydrogen (secondary N) is 2. The van der Waals surface area contributed by atoms with Crippen molar-refractivity contribution in [2.45, 2.75) is 19.5 Å². The van der Waals surface area contributed by atoms with E-state index in [1.165, 1.54) is 39.3 Å². The van der Waals surface area contributed by atoms with Gasteiger partial charge in [0.2, 0.25) is 11.8 Å². The third-order valence-electron chi connectivity index (χ3n) is 4.07. The molecule has 0 heterocycles. The maximum absolute atomic E-state index is 13.7. The second kappa shape index (κ2) is 9.59. The van der Waals surface area contributed by atoms with Gasteiger partial charge in [-0.1, -0.05) is 6.07 Å². The fourth-order valence-corrected chi connectivity index (χ4v) is 2.64. The number of benzene rings is 2. The lowest BCUT2D eigenvalue weighted by Crippen LogP contribution is -2.39. The Hall–Kier alpha value is -3.29. The highest BCUT2D eigenvalue weighted by Crippen LogP contribution is 2.25. The highest BCUT2D eigenvalue weighted by atomic mass is 19.1. The normalized spacial score (nSPS) is 11.3. The van der Waals surface area contributed by atoms with E-state index < -0.39 is 23.7 Å². The summed E-state index contributed by atoms with van der Waals surface area (Å²) in [5.41, 5.74) is 1.13.